The van der Waals surface area contributed by atoms with E-state index < -0.39 is 36.7 Å². The van der Waals surface area contributed by atoms with Crippen LogP contribution in [-0.2, 0) is 41.7 Å². The van der Waals surface area contributed by atoms with E-state index in [-0.39, 0.29) is 13.2 Å². The van der Waals surface area contributed by atoms with E-state index in [4.69, 9.17) is 23.7 Å². The second-order valence-electron chi connectivity index (χ2n) is 8.13. The summed E-state index contributed by atoms with van der Waals surface area (Å²) in [5, 5.41) is 0. The van der Waals surface area contributed by atoms with Crippen molar-refractivity contribution in [1.82, 2.24) is 0 Å². The third-order valence-electron chi connectivity index (χ3n) is 5.81. The zero-order valence-corrected chi connectivity index (χ0v) is 20.1. The fourth-order valence-electron chi connectivity index (χ4n) is 4.12. The summed E-state index contributed by atoms with van der Waals surface area (Å²) in [7, 11) is 0. The average Bonchev–Trinajstić information content (AvgIpc) is 2.93. The van der Waals surface area contributed by atoms with Gasteiger partial charge < -0.3 is 23.7 Å². The van der Waals surface area contributed by atoms with Crippen molar-refractivity contribution >= 4 is 5.97 Å². The molecule has 0 aromatic heterocycles. The largest absolute Gasteiger partial charge is 0.455 e. The van der Waals surface area contributed by atoms with Gasteiger partial charge in [0.1, 0.15) is 12.2 Å². The predicted molar refractivity (Wildman–Crippen MR) is 131 cm³/mol. The Morgan fingerprint density at radius 1 is 0.771 bits per heavy atom. The Hall–Kier alpha value is -3.03. The van der Waals surface area contributed by atoms with Gasteiger partial charge in [0.2, 0.25) is 0 Å². The fourth-order valence-corrected chi connectivity index (χ4v) is 4.12. The Labute approximate surface area is 206 Å². The molecule has 0 radical (unpaired) electrons. The predicted octanol–water partition coefficient (Wildman–Crippen LogP) is 5.22. The van der Waals surface area contributed by atoms with E-state index in [1.807, 2.05) is 105 Å². The molecule has 0 saturated carbocycles. The first-order chi connectivity index (χ1) is 17.3. The average molecular weight is 477 g/mol. The molecule has 0 N–H and O–H groups in total. The second-order valence-corrected chi connectivity index (χ2v) is 8.13. The highest BCUT2D eigenvalue weighted by molar-refractivity contribution is 5.77. The second kappa shape index (κ2) is 12.6. The molecule has 0 bridgehead atoms. The summed E-state index contributed by atoms with van der Waals surface area (Å²) in [4.78, 5) is 12.9. The van der Waals surface area contributed by atoms with Crippen molar-refractivity contribution in [3.63, 3.8) is 0 Å². The molecule has 2 aliphatic heterocycles. The zero-order valence-electron chi connectivity index (χ0n) is 20.1. The maximum Gasteiger partial charge on any atom is 0.338 e. The summed E-state index contributed by atoms with van der Waals surface area (Å²) in [6.45, 7) is 4.82. The lowest BCUT2D eigenvalue weighted by Gasteiger charge is -2.45. The van der Waals surface area contributed by atoms with E-state index in [2.05, 4.69) is 0 Å². The van der Waals surface area contributed by atoms with Crippen LogP contribution in [0.1, 0.15) is 36.8 Å². The van der Waals surface area contributed by atoms with Gasteiger partial charge in [0.15, 0.2) is 18.5 Å². The molecule has 2 aliphatic rings. The number of carbonyl (C=O) groups is 1. The third kappa shape index (κ3) is 6.35. The lowest BCUT2D eigenvalue weighted by Crippen LogP contribution is -2.61. The van der Waals surface area contributed by atoms with Gasteiger partial charge in [0.25, 0.3) is 0 Å². The Morgan fingerprint density at radius 3 is 1.91 bits per heavy atom. The van der Waals surface area contributed by atoms with E-state index >= 15 is 0 Å². The van der Waals surface area contributed by atoms with Crippen LogP contribution in [0.5, 0.6) is 0 Å². The normalized spacial score (nSPS) is 25.5. The quantitative estimate of drug-likeness (QED) is 0.436. The number of rotatable bonds is 7. The van der Waals surface area contributed by atoms with Crippen LogP contribution in [0.25, 0.3) is 0 Å². The van der Waals surface area contributed by atoms with Gasteiger partial charge >= 0.3 is 5.97 Å². The first-order valence-electron chi connectivity index (χ1n) is 12.1. The lowest BCUT2D eigenvalue weighted by molar-refractivity contribution is -0.311. The number of benzene rings is 3. The van der Waals surface area contributed by atoms with Crippen LogP contribution in [0.2, 0.25) is 0 Å². The molecule has 5 unspecified atom stereocenters. The summed E-state index contributed by atoms with van der Waals surface area (Å²) < 4.78 is 30.2. The van der Waals surface area contributed by atoms with Gasteiger partial charge in [0.05, 0.1) is 19.8 Å². The monoisotopic (exact) mass is 476 g/mol. The summed E-state index contributed by atoms with van der Waals surface area (Å²) in [6, 6.07) is 29.2. The van der Waals surface area contributed by atoms with E-state index in [1.165, 1.54) is 0 Å². The van der Waals surface area contributed by atoms with Crippen LogP contribution in [-0.4, -0.2) is 37.0 Å². The van der Waals surface area contributed by atoms with Crippen LogP contribution < -0.4 is 0 Å². The van der Waals surface area contributed by atoms with E-state index in [0.29, 0.717) is 6.61 Å². The van der Waals surface area contributed by atoms with Gasteiger partial charge in [-0.1, -0.05) is 105 Å². The lowest BCUT2D eigenvalue weighted by atomic mass is 9.97. The summed E-state index contributed by atoms with van der Waals surface area (Å²) in [5.74, 6) is -0.462. The van der Waals surface area contributed by atoms with Crippen molar-refractivity contribution in [2.45, 2.75) is 57.8 Å². The van der Waals surface area contributed by atoms with Gasteiger partial charge in [-0.05, 0) is 11.1 Å². The van der Waals surface area contributed by atoms with Gasteiger partial charge in [0, 0.05) is 5.56 Å². The zero-order chi connectivity index (χ0) is 24.5. The van der Waals surface area contributed by atoms with Gasteiger partial charge in [-0.15, -0.1) is 0 Å². The third-order valence-corrected chi connectivity index (χ3v) is 5.81. The first kappa shape index (κ1) is 25.1. The number of fused-ring (bicyclic) bond motifs is 1. The Kier molecular flexibility index (Phi) is 9.03. The van der Waals surface area contributed by atoms with Crippen molar-refractivity contribution in [2.75, 3.05) is 6.61 Å². The number of esters is 1. The molecule has 6 nitrogen and oxygen atoms in total. The standard InChI is InChI=1S/C27H26O6.C2H6/c28-26-25(30-17-20-12-6-2-7-13-20)24(29-16-19-10-4-1-5-11-19)23-22(32-26)18-31-27(33-23)21-14-8-3-9-15-21;1-2/h1-15,22-25,27H,16-18H2;1-2H3. The van der Waals surface area contributed by atoms with E-state index in [1.54, 1.807) is 0 Å². The molecule has 5 atom stereocenters. The number of hydrogen-bond acceptors (Lipinski definition) is 6. The van der Waals surface area contributed by atoms with Crippen LogP contribution in [0.15, 0.2) is 91.0 Å². The maximum atomic E-state index is 12.9. The van der Waals surface area contributed by atoms with Crippen LogP contribution >= 0.6 is 0 Å². The molecule has 2 heterocycles. The molecule has 0 spiro atoms. The summed E-state index contributed by atoms with van der Waals surface area (Å²) >= 11 is 0. The summed E-state index contributed by atoms with van der Waals surface area (Å²) in [6.07, 6.45) is -3.21. The molecule has 6 heteroatoms. The van der Waals surface area contributed by atoms with Gasteiger partial charge in [-0.25, -0.2) is 4.79 Å². The SMILES string of the molecule is CC.O=C1OC2COC(c3ccccc3)OC2C(OCc2ccccc2)C1OCc1ccccc1. The molecule has 184 valence electrons. The molecule has 5 rings (SSSR count). The van der Waals surface area contributed by atoms with Crippen LogP contribution in [0, 0.1) is 0 Å². The fraction of sp³-hybridized carbons (Fsp3) is 0.345. The number of ether oxygens (including phenoxy) is 5. The van der Waals surface area contributed by atoms with Crippen molar-refractivity contribution in [3.05, 3.63) is 108 Å². The van der Waals surface area contributed by atoms with Crippen molar-refractivity contribution in [3.8, 4) is 0 Å². The molecular formula is C29H32O6. The molecule has 3 aromatic carbocycles. The highest BCUT2D eigenvalue weighted by Crippen LogP contribution is 2.35. The topological polar surface area (TPSA) is 63.2 Å². The molecule has 0 amide bonds. The molecule has 0 aliphatic carbocycles. The highest BCUT2D eigenvalue weighted by atomic mass is 16.7. The molecule has 2 fully saturated rings. The minimum atomic E-state index is -0.912. The Bertz CT molecular complexity index is 1030. The first-order valence-corrected chi connectivity index (χ1v) is 12.1. The molecular weight excluding hydrogens is 444 g/mol. The summed E-state index contributed by atoms with van der Waals surface area (Å²) in [5.41, 5.74) is 2.86. The molecule has 2 saturated heterocycles. The van der Waals surface area contributed by atoms with Gasteiger partial charge in [-0.3, -0.25) is 0 Å². The number of hydrogen-bond donors (Lipinski definition) is 0. The minimum Gasteiger partial charge on any atom is -0.455 e. The minimum absolute atomic E-state index is 0.229. The maximum absolute atomic E-state index is 12.9. The van der Waals surface area contributed by atoms with Crippen LogP contribution in [0.4, 0.5) is 0 Å². The Balaban J connectivity index is 0.00000141. The number of carbonyl (C=O) groups excluding carboxylic acids is 1. The molecule has 3 aromatic rings. The van der Waals surface area contributed by atoms with E-state index in [0.717, 1.165) is 16.7 Å². The van der Waals surface area contributed by atoms with Gasteiger partial charge in [-0.2, -0.15) is 0 Å². The smallest absolute Gasteiger partial charge is 0.338 e. The van der Waals surface area contributed by atoms with Crippen molar-refractivity contribution in [1.29, 1.82) is 0 Å². The van der Waals surface area contributed by atoms with Crippen molar-refractivity contribution in [2.24, 2.45) is 0 Å². The van der Waals surface area contributed by atoms with Crippen LogP contribution in [0.3, 0.4) is 0 Å². The highest BCUT2D eigenvalue weighted by Gasteiger charge is 2.51. The van der Waals surface area contributed by atoms with Crippen molar-refractivity contribution < 1.29 is 28.5 Å². The molecule has 35 heavy (non-hydrogen) atoms. The Morgan fingerprint density at radius 2 is 1.31 bits per heavy atom. The van der Waals surface area contributed by atoms with E-state index in [9.17, 15) is 4.79 Å².